The quantitative estimate of drug-likeness (QED) is 0.867. The molecule has 1 amide bonds. The molecule has 0 saturated heterocycles. The van der Waals surface area contributed by atoms with Crippen molar-refractivity contribution in [3.8, 4) is 0 Å². The number of aryl methyl sites for hydroxylation is 1. The number of aromatic nitrogens is 3. The summed E-state index contributed by atoms with van der Waals surface area (Å²) >= 11 is 0. The van der Waals surface area contributed by atoms with Crippen molar-refractivity contribution >= 4 is 11.9 Å². The van der Waals surface area contributed by atoms with Gasteiger partial charge in [-0.3, -0.25) is 4.79 Å². The molecule has 2 rings (SSSR count). The Hall–Kier alpha value is -2.70. The number of carbonyl (C=O) groups excluding carboxylic acids is 1. The van der Waals surface area contributed by atoms with Crippen LogP contribution in [0.15, 0.2) is 30.6 Å². The molecule has 7 nitrogen and oxygen atoms in total. The number of amides is 1. The van der Waals surface area contributed by atoms with Gasteiger partial charge in [-0.2, -0.15) is 0 Å². The van der Waals surface area contributed by atoms with Crippen LogP contribution in [-0.4, -0.2) is 31.7 Å². The summed E-state index contributed by atoms with van der Waals surface area (Å²) in [7, 11) is 1.77. The number of carboxylic acid groups (broad SMARTS) is 1. The molecular weight excluding hydrogens is 260 g/mol. The van der Waals surface area contributed by atoms with Gasteiger partial charge in [0.05, 0.1) is 17.2 Å². The number of carbonyl (C=O) groups is 2. The van der Waals surface area contributed by atoms with Crippen LogP contribution in [0.3, 0.4) is 0 Å². The molecule has 0 bridgehead atoms. The summed E-state index contributed by atoms with van der Waals surface area (Å²) in [6.07, 6.45) is 1.53. The van der Waals surface area contributed by atoms with Crippen molar-refractivity contribution in [2.45, 2.75) is 13.0 Å². The van der Waals surface area contributed by atoms with Crippen molar-refractivity contribution in [1.29, 1.82) is 0 Å². The lowest BCUT2D eigenvalue weighted by atomic mass is 10.1. The number of aromatic carboxylic acids is 1. The first-order chi connectivity index (χ1) is 9.50. The van der Waals surface area contributed by atoms with Gasteiger partial charge in [0.25, 0.3) is 5.91 Å². The molecule has 0 saturated carbocycles. The first-order valence-corrected chi connectivity index (χ1v) is 5.97. The molecule has 1 heterocycles. The molecule has 2 aromatic rings. The van der Waals surface area contributed by atoms with Gasteiger partial charge in [0.1, 0.15) is 6.33 Å². The Labute approximate surface area is 115 Å². The number of benzene rings is 1. The minimum atomic E-state index is -1.14. The molecule has 0 aliphatic carbocycles. The lowest BCUT2D eigenvalue weighted by Gasteiger charge is -2.13. The molecule has 1 atom stereocenters. The van der Waals surface area contributed by atoms with Gasteiger partial charge < -0.3 is 15.0 Å². The van der Waals surface area contributed by atoms with E-state index in [4.69, 9.17) is 5.11 Å². The number of hydrogen-bond donors (Lipinski definition) is 2. The Balaban J connectivity index is 2.21. The molecule has 104 valence electrons. The largest absolute Gasteiger partial charge is 0.478 e. The number of rotatable bonds is 4. The van der Waals surface area contributed by atoms with Crippen LogP contribution in [0.5, 0.6) is 0 Å². The van der Waals surface area contributed by atoms with E-state index in [9.17, 15) is 9.59 Å². The molecule has 7 heteroatoms. The molecule has 0 aliphatic heterocycles. The van der Waals surface area contributed by atoms with Crippen molar-refractivity contribution in [1.82, 2.24) is 20.1 Å². The molecule has 0 radical (unpaired) electrons. The Morgan fingerprint density at radius 1 is 1.30 bits per heavy atom. The Morgan fingerprint density at radius 3 is 2.50 bits per heavy atom. The van der Waals surface area contributed by atoms with E-state index >= 15 is 0 Å². The summed E-state index contributed by atoms with van der Waals surface area (Å²) in [5, 5.41) is 19.4. The molecule has 1 aromatic heterocycles. The van der Waals surface area contributed by atoms with Crippen LogP contribution >= 0.6 is 0 Å². The predicted molar refractivity (Wildman–Crippen MR) is 70.3 cm³/mol. The van der Waals surface area contributed by atoms with Crippen molar-refractivity contribution in [3.63, 3.8) is 0 Å². The summed E-state index contributed by atoms with van der Waals surface area (Å²) in [5.74, 6) is -1.01. The van der Waals surface area contributed by atoms with Crippen molar-refractivity contribution in [2.24, 2.45) is 7.05 Å². The Morgan fingerprint density at radius 2 is 1.95 bits per heavy atom. The van der Waals surface area contributed by atoms with Crippen molar-refractivity contribution in [3.05, 3.63) is 47.5 Å². The van der Waals surface area contributed by atoms with Crippen LogP contribution in [0.25, 0.3) is 0 Å². The molecule has 0 spiro atoms. The van der Waals surface area contributed by atoms with E-state index in [2.05, 4.69) is 15.5 Å². The first kappa shape index (κ1) is 13.7. The number of carboxylic acids is 1. The SMILES string of the molecule is CC(NC(=O)c1ccccc1C(=O)O)c1nncn1C. The van der Waals surface area contributed by atoms with E-state index in [-0.39, 0.29) is 17.2 Å². The maximum atomic E-state index is 12.2. The van der Waals surface area contributed by atoms with E-state index in [1.165, 1.54) is 18.5 Å². The zero-order valence-electron chi connectivity index (χ0n) is 11.1. The van der Waals surface area contributed by atoms with Crippen LogP contribution in [-0.2, 0) is 7.05 Å². The molecule has 1 aromatic carbocycles. The fourth-order valence-electron chi connectivity index (χ4n) is 1.89. The molecule has 20 heavy (non-hydrogen) atoms. The van der Waals surface area contributed by atoms with Crippen LogP contribution < -0.4 is 5.32 Å². The van der Waals surface area contributed by atoms with Crippen molar-refractivity contribution in [2.75, 3.05) is 0 Å². The minimum absolute atomic E-state index is 0.0323. The van der Waals surface area contributed by atoms with E-state index < -0.39 is 11.9 Å². The lowest BCUT2D eigenvalue weighted by Crippen LogP contribution is -2.29. The third-order valence-electron chi connectivity index (χ3n) is 2.88. The topological polar surface area (TPSA) is 97.1 Å². The van der Waals surface area contributed by atoms with Crippen LogP contribution in [0.1, 0.15) is 39.5 Å². The van der Waals surface area contributed by atoms with Crippen LogP contribution in [0, 0.1) is 0 Å². The molecule has 1 unspecified atom stereocenters. The highest BCUT2D eigenvalue weighted by Crippen LogP contribution is 2.12. The summed E-state index contributed by atoms with van der Waals surface area (Å²) in [6.45, 7) is 1.76. The van der Waals surface area contributed by atoms with Gasteiger partial charge >= 0.3 is 5.97 Å². The van der Waals surface area contributed by atoms with Crippen molar-refractivity contribution < 1.29 is 14.7 Å². The second kappa shape index (κ2) is 5.52. The summed E-state index contributed by atoms with van der Waals surface area (Å²) < 4.78 is 1.69. The Kier molecular flexibility index (Phi) is 3.79. The average molecular weight is 274 g/mol. The minimum Gasteiger partial charge on any atom is -0.478 e. The fourth-order valence-corrected chi connectivity index (χ4v) is 1.89. The second-order valence-corrected chi connectivity index (χ2v) is 4.35. The maximum absolute atomic E-state index is 12.2. The van der Waals surface area contributed by atoms with E-state index in [1.807, 2.05) is 0 Å². The second-order valence-electron chi connectivity index (χ2n) is 4.35. The molecule has 0 aliphatic rings. The fraction of sp³-hybridized carbons (Fsp3) is 0.231. The Bertz CT molecular complexity index is 651. The highest BCUT2D eigenvalue weighted by atomic mass is 16.4. The van der Waals surface area contributed by atoms with E-state index in [0.717, 1.165) is 0 Å². The monoisotopic (exact) mass is 274 g/mol. The van der Waals surface area contributed by atoms with Gasteiger partial charge in [-0.05, 0) is 19.1 Å². The highest BCUT2D eigenvalue weighted by molar-refractivity contribution is 6.04. The predicted octanol–water partition coefficient (Wildman–Crippen LogP) is 1.00. The summed E-state index contributed by atoms with van der Waals surface area (Å²) in [5.41, 5.74) is 0.0872. The third kappa shape index (κ3) is 2.66. The zero-order chi connectivity index (χ0) is 14.7. The number of nitrogens with one attached hydrogen (secondary N) is 1. The lowest BCUT2D eigenvalue weighted by molar-refractivity contribution is 0.0690. The summed E-state index contributed by atoms with van der Waals surface area (Å²) in [4.78, 5) is 23.2. The average Bonchev–Trinajstić information content (AvgIpc) is 2.85. The van der Waals surface area contributed by atoms with Gasteiger partial charge in [-0.25, -0.2) is 4.79 Å². The van der Waals surface area contributed by atoms with E-state index in [1.54, 1.807) is 30.7 Å². The molecule has 0 fully saturated rings. The molecule has 2 N–H and O–H groups in total. The van der Waals surface area contributed by atoms with Gasteiger partial charge in [0, 0.05) is 7.05 Å². The first-order valence-electron chi connectivity index (χ1n) is 5.97. The van der Waals surface area contributed by atoms with Crippen LogP contribution in [0.4, 0.5) is 0 Å². The zero-order valence-corrected chi connectivity index (χ0v) is 11.1. The van der Waals surface area contributed by atoms with Gasteiger partial charge in [-0.15, -0.1) is 10.2 Å². The number of hydrogen-bond acceptors (Lipinski definition) is 4. The standard InChI is InChI=1S/C13H14N4O3/c1-8(11-16-14-7-17(11)2)15-12(18)9-5-3-4-6-10(9)13(19)20/h3-8H,1-2H3,(H,15,18)(H,19,20). The maximum Gasteiger partial charge on any atom is 0.336 e. The van der Waals surface area contributed by atoms with Gasteiger partial charge in [-0.1, -0.05) is 12.1 Å². The van der Waals surface area contributed by atoms with Gasteiger partial charge in [0.15, 0.2) is 5.82 Å². The smallest absolute Gasteiger partial charge is 0.336 e. The summed E-state index contributed by atoms with van der Waals surface area (Å²) in [6, 6.07) is 5.68. The van der Waals surface area contributed by atoms with E-state index in [0.29, 0.717) is 5.82 Å². The normalized spacial score (nSPS) is 11.9. The highest BCUT2D eigenvalue weighted by Gasteiger charge is 2.19. The third-order valence-corrected chi connectivity index (χ3v) is 2.88. The van der Waals surface area contributed by atoms with Gasteiger partial charge in [0.2, 0.25) is 0 Å². The number of nitrogens with zero attached hydrogens (tertiary/aromatic N) is 3. The molecular formula is C13H14N4O3. The van der Waals surface area contributed by atoms with Crippen LogP contribution in [0.2, 0.25) is 0 Å².